The minimum atomic E-state index is 0.192. The van der Waals surface area contributed by atoms with E-state index < -0.39 is 0 Å². The summed E-state index contributed by atoms with van der Waals surface area (Å²) >= 11 is 0. The van der Waals surface area contributed by atoms with Crippen LogP contribution in [-0.2, 0) is 5.54 Å². The lowest BCUT2D eigenvalue weighted by molar-refractivity contribution is 0.0551. The van der Waals surface area contributed by atoms with Crippen molar-refractivity contribution in [2.75, 3.05) is 20.7 Å². The highest BCUT2D eigenvalue weighted by molar-refractivity contribution is 5.25. The molecule has 0 aromatic heterocycles. The molecule has 1 saturated carbocycles. The fraction of sp³-hybridized carbons (Fsp3) is 0.478. The number of para-hydroxylation sites is 1. The molecule has 1 aliphatic carbocycles. The fourth-order valence-electron chi connectivity index (χ4n) is 4.31. The van der Waals surface area contributed by atoms with E-state index in [0.29, 0.717) is 5.92 Å². The topological polar surface area (TPSA) is 12.5 Å². The number of rotatable bonds is 6. The predicted molar refractivity (Wildman–Crippen MR) is 105 cm³/mol. The van der Waals surface area contributed by atoms with Crippen LogP contribution in [0.3, 0.4) is 0 Å². The van der Waals surface area contributed by atoms with Crippen LogP contribution in [-0.4, -0.2) is 25.6 Å². The molecule has 2 aromatic rings. The third-order valence-corrected chi connectivity index (χ3v) is 6.09. The molecule has 1 atom stereocenters. The monoisotopic (exact) mass is 337 g/mol. The lowest BCUT2D eigenvalue weighted by Gasteiger charge is -2.46. The van der Waals surface area contributed by atoms with E-state index in [1.807, 2.05) is 30.3 Å². The van der Waals surface area contributed by atoms with Crippen LogP contribution in [0.4, 0.5) is 0 Å². The standard InChI is InChI=1S/C23H31NO/c1-19(18-25-22-12-8-5-9-13-22)20-14-16-23(17-15-20,24(2)3)21-10-6-4-7-11-21/h4-13,19-20H,14-18H2,1-3H3. The first-order valence-corrected chi connectivity index (χ1v) is 9.52. The van der Waals surface area contributed by atoms with Crippen molar-refractivity contribution in [3.8, 4) is 5.75 Å². The number of nitrogens with zero attached hydrogens (tertiary/aromatic N) is 1. The molecule has 3 rings (SSSR count). The van der Waals surface area contributed by atoms with Gasteiger partial charge < -0.3 is 4.74 Å². The van der Waals surface area contributed by atoms with Crippen LogP contribution in [0.5, 0.6) is 5.75 Å². The lowest BCUT2D eigenvalue weighted by Crippen LogP contribution is -2.45. The SMILES string of the molecule is CC(COc1ccccc1)C1CCC(c2ccccc2)(N(C)C)CC1. The maximum atomic E-state index is 5.99. The van der Waals surface area contributed by atoms with E-state index in [2.05, 4.69) is 56.3 Å². The van der Waals surface area contributed by atoms with Gasteiger partial charge in [-0.05, 0) is 69.3 Å². The number of hydrogen-bond donors (Lipinski definition) is 0. The molecule has 1 unspecified atom stereocenters. The number of benzene rings is 2. The van der Waals surface area contributed by atoms with Crippen LogP contribution in [0.1, 0.15) is 38.2 Å². The molecular weight excluding hydrogens is 306 g/mol. The Labute approximate surface area is 152 Å². The molecule has 0 N–H and O–H groups in total. The Kier molecular flexibility index (Phi) is 5.80. The van der Waals surface area contributed by atoms with Crippen molar-refractivity contribution in [1.29, 1.82) is 0 Å². The van der Waals surface area contributed by atoms with Crippen molar-refractivity contribution in [1.82, 2.24) is 4.90 Å². The van der Waals surface area contributed by atoms with E-state index in [9.17, 15) is 0 Å². The summed E-state index contributed by atoms with van der Waals surface area (Å²) in [5.41, 5.74) is 1.66. The van der Waals surface area contributed by atoms with Crippen molar-refractivity contribution in [3.05, 3.63) is 66.2 Å². The highest BCUT2D eigenvalue weighted by Gasteiger charge is 2.39. The molecule has 0 aliphatic heterocycles. The van der Waals surface area contributed by atoms with Crippen molar-refractivity contribution in [3.63, 3.8) is 0 Å². The van der Waals surface area contributed by atoms with Gasteiger partial charge in [-0.3, -0.25) is 4.90 Å². The Bertz CT molecular complexity index is 630. The zero-order valence-corrected chi connectivity index (χ0v) is 15.8. The molecule has 2 aromatic carbocycles. The average Bonchev–Trinajstić information content (AvgIpc) is 2.67. The Morgan fingerprint density at radius 2 is 1.52 bits per heavy atom. The van der Waals surface area contributed by atoms with Gasteiger partial charge >= 0.3 is 0 Å². The third kappa shape index (κ3) is 4.07. The van der Waals surface area contributed by atoms with Crippen molar-refractivity contribution < 1.29 is 4.74 Å². The molecule has 0 spiro atoms. The molecule has 1 aliphatic rings. The molecule has 2 heteroatoms. The van der Waals surface area contributed by atoms with E-state index in [1.165, 1.54) is 31.2 Å². The molecule has 1 fully saturated rings. The minimum Gasteiger partial charge on any atom is -0.493 e. The highest BCUT2D eigenvalue weighted by atomic mass is 16.5. The summed E-state index contributed by atoms with van der Waals surface area (Å²) in [6, 6.07) is 21.2. The van der Waals surface area contributed by atoms with Gasteiger partial charge in [0.15, 0.2) is 0 Å². The van der Waals surface area contributed by atoms with Crippen molar-refractivity contribution >= 4 is 0 Å². The molecule has 2 nitrogen and oxygen atoms in total. The molecule has 0 bridgehead atoms. The van der Waals surface area contributed by atoms with Gasteiger partial charge in [-0.1, -0.05) is 55.5 Å². The first kappa shape index (κ1) is 18.0. The highest BCUT2D eigenvalue weighted by Crippen LogP contribution is 2.44. The van der Waals surface area contributed by atoms with Crippen LogP contribution in [0.25, 0.3) is 0 Å². The number of hydrogen-bond acceptors (Lipinski definition) is 2. The Balaban J connectivity index is 1.60. The minimum absolute atomic E-state index is 0.192. The van der Waals surface area contributed by atoms with E-state index in [-0.39, 0.29) is 5.54 Å². The summed E-state index contributed by atoms with van der Waals surface area (Å²) < 4.78 is 5.99. The number of ether oxygens (including phenoxy) is 1. The molecule has 0 amide bonds. The van der Waals surface area contributed by atoms with Gasteiger partial charge in [-0.15, -0.1) is 0 Å². The second kappa shape index (κ2) is 8.05. The van der Waals surface area contributed by atoms with E-state index in [4.69, 9.17) is 4.74 Å². The lowest BCUT2D eigenvalue weighted by atomic mass is 9.69. The molecular formula is C23H31NO. The van der Waals surface area contributed by atoms with Gasteiger partial charge in [0.05, 0.1) is 6.61 Å². The maximum absolute atomic E-state index is 5.99. The van der Waals surface area contributed by atoms with E-state index in [0.717, 1.165) is 18.3 Å². The largest absolute Gasteiger partial charge is 0.493 e. The average molecular weight is 338 g/mol. The van der Waals surface area contributed by atoms with Gasteiger partial charge in [0.1, 0.15) is 5.75 Å². The first-order chi connectivity index (χ1) is 12.1. The fourth-order valence-corrected chi connectivity index (χ4v) is 4.31. The van der Waals surface area contributed by atoms with Gasteiger partial charge in [0.25, 0.3) is 0 Å². The summed E-state index contributed by atoms with van der Waals surface area (Å²) in [6.45, 7) is 3.16. The molecule has 25 heavy (non-hydrogen) atoms. The van der Waals surface area contributed by atoms with Gasteiger partial charge in [0, 0.05) is 5.54 Å². The van der Waals surface area contributed by atoms with Crippen LogP contribution in [0.15, 0.2) is 60.7 Å². The van der Waals surface area contributed by atoms with Gasteiger partial charge in [-0.2, -0.15) is 0 Å². The van der Waals surface area contributed by atoms with Crippen LogP contribution in [0.2, 0.25) is 0 Å². The van der Waals surface area contributed by atoms with Gasteiger partial charge in [0.2, 0.25) is 0 Å². The van der Waals surface area contributed by atoms with Crippen LogP contribution in [0, 0.1) is 11.8 Å². The summed E-state index contributed by atoms with van der Waals surface area (Å²) in [5, 5.41) is 0. The predicted octanol–water partition coefficient (Wildman–Crippen LogP) is 5.35. The summed E-state index contributed by atoms with van der Waals surface area (Å²) in [5.74, 6) is 2.33. The molecule has 0 saturated heterocycles. The summed E-state index contributed by atoms with van der Waals surface area (Å²) in [7, 11) is 4.46. The quantitative estimate of drug-likeness (QED) is 0.704. The van der Waals surface area contributed by atoms with Crippen molar-refractivity contribution in [2.24, 2.45) is 11.8 Å². The molecule has 0 radical (unpaired) electrons. The summed E-state index contributed by atoms with van der Waals surface area (Å²) in [4.78, 5) is 2.43. The third-order valence-electron chi connectivity index (χ3n) is 6.09. The Morgan fingerprint density at radius 1 is 0.960 bits per heavy atom. The zero-order chi connectivity index (χ0) is 17.7. The first-order valence-electron chi connectivity index (χ1n) is 9.52. The summed E-state index contributed by atoms with van der Waals surface area (Å²) in [6.07, 6.45) is 4.99. The molecule has 0 heterocycles. The Hall–Kier alpha value is -1.80. The smallest absolute Gasteiger partial charge is 0.119 e. The Morgan fingerprint density at radius 3 is 2.08 bits per heavy atom. The van der Waals surface area contributed by atoms with E-state index in [1.54, 1.807) is 0 Å². The van der Waals surface area contributed by atoms with Crippen LogP contribution < -0.4 is 4.74 Å². The zero-order valence-electron chi connectivity index (χ0n) is 15.8. The second-order valence-corrected chi connectivity index (χ2v) is 7.73. The molecule has 134 valence electrons. The normalized spacial score (nSPS) is 24.9. The van der Waals surface area contributed by atoms with Crippen LogP contribution >= 0.6 is 0 Å². The maximum Gasteiger partial charge on any atom is 0.119 e. The van der Waals surface area contributed by atoms with Gasteiger partial charge in [-0.25, -0.2) is 0 Å². The second-order valence-electron chi connectivity index (χ2n) is 7.73. The van der Waals surface area contributed by atoms with Crippen molar-refractivity contribution in [2.45, 2.75) is 38.1 Å². The van der Waals surface area contributed by atoms with E-state index >= 15 is 0 Å².